The van der Waals surface area contributed by atoms with E-state index in [0.717, 1.165) is 33.4 Å². The molecule has 0 saturated carbocycles. The summed E-state index contributed by atoms with van der Waals surface area (Å²) in [4.78, 5) is 21.4. The molecular weight excluding hydrogens is 393 g/mol. The summed E-state index contributed by atoms with van der Waals surface area (Å²) in [6.45, 7) is 0. The van der Waals surface area contributed by atoms with Gasteiger partial charge in [-0.3, -0.25) is 20.1 Å². The molecule has 0 spiro atoms. The number of hydrogen-bond donors (Lipinski definition) is 2. The molecule has 0 aliphatic rings. The number of halogens is 1. The van der Waals surface area contributed by atoms with Crippen molar-refractivity contribution in [3.63, 3.8) is 0 Å². The first-order valence-corrected chi connectivity index (χ1v) is 9.63. The molecule has 6 rings (SSSR count). The predicted octanol–water partition coefficient (Wildman–Crippen LogP) is 4.76. The van der Waals surface area contributed by atoms with Crippen LogP contribution in [0.15, 0.2) is 73.2 Å². The van der Waals surface area contributed by atoms with Gasteiger partial charge >= 0.3 is 0 Å². The minimum absolute atomic E-state index is 0.293. The van der Waals surface area contributed by atoms with Gasteiger partial charge in [-0.2, -0.15) is 5.10 Å². The van der Waals surface area contributed by atoms with Gasteiger partial charge in [-0.05, 0) is 48.5 Å². The van der Waals surface area contributed by atoms with E-state index in [-0.39, 0.29) is 5.82 Å². The first-order valence-electron chi connectivity index (χ1n) is 9.63. The van der Waals surface area contributed by atoms with E-state index in [0.29, 0.717) is 22.7 Å². The standard InChI is InChI=1S/C23H14FN7/c24-14-6-4-13(5-7-14)20-22-17(8-10-26-20)28-23(29-22)21-15-11-18(16-3-1-2-9-25-16)27-12-19(15)30-31-21/h1-12H,(H,28,29)(H,30,31). The van der Waals surface area contributed by atoms with Crippen molar-refractivity contribution in [2.24, 2.45) is 0 Å². The van der Waals surface area contributed by atoms with Crippen LogP contribution in [0.25, 0.3) is 56.1 Å². The highest BCUT2D eigenvalue weighted by Crippen LogP contribution is 2.31. The number of imidazole rings is 1. The largest absolute Gasteiger partial charge is 0.336 e. The van der Waals surface area contributed by atoms with E-state index < -0.39 is 0 Å². The Kier molecular flexibility index (Phi) is 3.82. The van der Waals surface area contributed by atoms with E-state index in [1.54, 1.807) is 30.7 Å². The van der Waals surface area contributed by atoms with Crippen LogP contribution in [0.5, 0.6) is 0 Å². The van der Waals surface area contributed by atoms with Crippen molar-refractivity contribution in [1.29, 1.82) is 0 Å². The van der Waals surface area contributed by atoms with Crippen LogP contribution < -0.4 is 0 Å². The third kappa shape index (κ3) is 2.93. The van der Waals surface area contributed by atoms with Crippen LogP contribution in [0, 0.1) is 5.82 Å². The Morgan fingerprint density at radius 2 is 1.68 bits per heavy atom. The Morgan fingerprint density at radius 1 is 0.774 bits per heavy atom. The SMILES string of the molecule is Fc1ccc(-c2nccc3[nH]c(-c4n[nH]c5cnc(-c6ccccn6)cc45)nc23)cc1. The third-order valence-electron chi connectivity index (χ3n) is 5.12. The number of nitrogens with one attached hydrogen (secondary N) is 2. The lowest BCUT2D eigenvalue weighted by Crippen LogP contribution is -1.87. The average Bonchev–Trinajstić information content (AvgIpc) is 3.43. The summed E-state index contributed by atoms with van der Waals surface area (Å²) in [6, 6.07) is 15.7. The van der Waals surface area contributed by atoms with Gasteiger partial charge in [-0.15, -0.1) is 0 Å². The monoisotopic (exact) mass is 407 g/mol. The molecule has 0 bridgehead atoms. The molecule has 0 atom stereocenters. The van der Waals surface area contributed by atoms with Crippen LogP contribution >= 0.6 is 0 Å². The first-order chi connectivity index (χ1) is 15.3. The van der Waals surface area contributed by atoms with Crippen LogP contribution in [0.3, 0.4) is 0 Å². The first kappa shape index (κ1) is 17.4. The zero-order valence-electron chi connectivity index (χ0n) is 16.0. The van der Waals surface area contributed by atoms with E-state index in [1.165, 1.54) is 12.1 Å². The third-order valence-corrected chi connectivity index (χ3v) is 5.12. The second-order valence-electron chi connectivity index (χ2n) is 7.05. The molecule has 6 aromatic rings. The van der Waals surface area contributed by atoms with Gasteiger partial charge in [0, 0.05) is 23.3 Å². The Balaban J connectivity index is 1.51. The topological polar surface area (TPSA) is 96.0 Å². The number of benzene rings is 1. The molecule has 0 radical (unpaired) electrons. The van der Waals surface area contributed by atoms with Gasteiger partial charge in [0.25, 0.3) is 0 Å². The maximum atomic E-state index is 13.3. The van der Waals surface area contributed by atoms with Gasteiger partial charge in [0.05, 0.1) is 34.3 Å². The number of pyridine rings is 3. The number of hydrogen-bond acceptors (Lipinski definition) is 5. The van der Waals surface area contributed by atoms with Crippen molar-refractivity contribution in [3.05, 3.63) is 79.0 Å². The fourth-order valence-corrected chi connectivity index (χ4v) is 3.62. The van der Waals surface area contributed by atoms with Crippen LogP contribution in [0.4, 0.5) is 4.39 Å². The summed E-state index contributed by atoms with van der Waals surface area (Å²) in [5, 5.41) is 8.35. The summed E-state index contributed by atoms with van der Waals surface area (Å²) in [5.41, 5.74) is 5.99. The molecule has 1 aromatic carbocycles. The smallest absolute Gasteiger partial charge is 0.159 e. The van der Waals surface area contributed by atoms with E-state index in [4.69, 9.17) is 4.98 Å². The van der Waals surface area contributed by atoms with Crippen molar-refractivity contribution in [2.45, 2.75) is 0 Å². The van der Waals surface area contributed by atoms with Crippen LogP contribution in [-0.4, -0.2) is 35.1 Å². The zero-order chi connectivity index (χ0) is 20.8. The summed E-state index contributed by atoms with van der Waals surface area (Å²) in [7, 11) is 0. The van der Waals surface area contributed by atoms with Crippen molar-refractivity contribution < 1.29 is 4.39 Å². The van der Waals surface area contributed by atoms with E-state index >= 15 is 0 Å². The second-order valence-corrected chi connectivity index (χ2v) is 7.05. The van der Waals surface area contributed by atoms with Gasteiger partial charge in [0.2, 0.25) is 0 Å². The summed E-state index contributed by atoms with van der Waals surface area (Å²) >= 11 is 0. The molecule has 0 saturated heterocycles. The Bertz CT molecular complexity index is 1540. The molecule has 7 nitrogen and oxygen atoms in total. The summed E-state index contributed by atoms with van der Waals surface area (Å²) in [5.74, 6) is 0.315. The maximum Gasteiger partial charge on any atom is 0.159 e. The van der Waals surface area contributed by atoms with Gasteiger partial charge < -0.3 is 4.98 Å². The van der Waals surface area contributed by atoms with E-state index in [2.05, 4.69) is 30.1 Å². The van der Waals surface area contributed by atoms with Crippen LogP contribution in [0.2, 0.25) is 0 Å². The van der Waals surface area contributed by atoms with Gasteiger partial charge in [0.15, 0.2) is 5.82 Å². The molecule has 2 N–H and O–H groups in total. The van der Waals surface area contributed by atoms with E-state index in [1.807, 2.05) is 30.3 Å². The normalized spacial score (nSPS) is 11.4. The maximum absolute atomic E-state index is 13.3. The van der Waals surface area contributed by atoms with Crippen LogP contribution in [-0.2, 0) is 0 Å². The van der Waals surface area contributed by atoms with Crippen molar-refractivity contribution in [1.82, 2.24) is 35.1 Å². The molecular formula is C23H14FN7. The molecule has 8 heteroatoms. The number of aromatic amines is 2. The second kappa shape index (κ2) is 6.81. The highest BCUT2D eigenvalue weighted by Gasteiger charge is 2.17. The van der Waals surface area contributed by atoms with Crippen LogP contribution in [0.1, 0.15) is 0 Å². The summed E-state index contributed by atoms with van der Waals surface area (Å²) in [6.07, 6.45) is 5.18. The molecule has 0 aliphatic heterocycles. The van der Waals surface area contributed by atoms with Gasteiger partial charge in [-0.1, -0.05) is 6.07 Å². The van der Waals surface area contributed by atoms with Gasteiger partial charge in [0.1, 0.15) is 17.0 Å². The Labute approximate surface area is 175 Å². The summed E-state index contributed by atoms with van der Waals surface area (Å²) < 4.78 is 13.3. The number of H-pyrrole nitrogens is 2. The highest BCUT2D eigenvalue weighted by molar-refractivity contribution is 5.96. The lowest BCUT2D eigenvalue weighted by molar-refractivity contribution is 0.628. The molecule has 5 heterocycles. The van der Waals surface area contributed by atoms with Crippen molar-refractivity contribution >= 4 is 21.9 Å². The number of nitrogens with zero attached hydrogens (tertiary/aromatic N) is 5. The molecule has 0 unspecified atom stereocenters. The van der Waals surface area contributed by atoms with Crippen molar-refractivity contribution in [3.8, 4) is 34.2 Å². The molecule has 0 aliphatic carbocycles. The number of rotatable bonds is 3. The molecule has 5 aromatic heterocycles. The highest BCUT2D eigenvalue weighted by atomic mass is 19.1. The van der Waals surface area contributed by atoms with Crippen molar-refractivity contribution in [2.75, 3.05) is 0 Å². The minimum atomic E-state index is -0.293. The zero-order valence-corrected chi connectivity index (χ0v) is 16.0. The molecule has 0 amide bonds. The molecule has 148 valence electrons. The minimum Gasteiger partial charge on any atom is -0.336 e. The van der Waals surface area contributed by atoms with Gasteiger partial charge in [-0.25, -0.2) is 9.37 Å². The average molecular weight is 407 g/mol. The Hall–Kier alpha value is -4.46. The molecule has 31 heavy (non-hydrogen) atoms. The van der Waals surface area contributed by atoms with E-state index in [9.17, 15) is 4.39 Å². The Morgan fingerprint density at radius 3 is 2.52 bits per heavy atom. The number of fused-ring (bicyclic) bond motifs is 2. The fraction of sp³-hybridized carbons (Fsp3) is 0. The number of aromatic nitrogens is 7. The predicted molar refractivity (Wildman–Crippen MR) is 115 cm³/mol. The fourth-order valence-electron chi connectivity index (χ4n) is 3.62. The lowest BCUT2D eigenvalue weighted by Gasteiger charge is -2.01. The molecule has 0 fully saturated rings. The lowest BCUT2D eigenvalue weighted by atomic mass is 10.1. The quantitative estimate of drug-likeness (QED) is 0.441.